The van der Waals surface area contributed by atoms with Crippen molar-refractivity contribution in [1.82, 2.24) is 9.38 Å². The monoisotopic (exact) mass is 234 g/mol. The highest BCUT2D eigenvalue weighted by Gasteiger charge is 2.09. The number of methoxy groups -OCH3 is 2. The molecule has 0 N–H and O–H groups in total. The standard InChI is InChI=1S/C12H14N2O3/c1-16-7-10-5-11(8-17-2)14-4-3-9(6-15)12(14)13-10/h3-6H,7-8H2,1-2H3. The van der Waals surface area contributed by atoms with Crippen molar-refractivity contribution in [2.24, 2.45) is 0 Å². The largest absolute Gasteiger partial charge is 0.378 e. The Morgan fingerprint density at radius 1 is 1.35 bits per heavy atom. The Kier molecular flexibility index (Phi) is 3.51. The first-order valence-corrected chi connectivity index (χ1v) is 5.23. The van der Waals surface area contributed by atoms with Crippen LogP contribution in [0.2, 0.25) is 0 Å². The lowest BCUT2D eigenvalue weighted by atomic mass is 10.3. The number of aromatic nitrogens is 2. The van der Waals surface area contributed by atoms with Crippen LogP contribution in [-0.2, 0) is 22.7 Å². The number of rotatable bonds is 5. The molecule has 0 unspecified atom stereocenters. The van der Waals surface area contributed by atoms with Gasteiger partial charge in [0, 0.05) is 20.4 Å². The van der Waals surface area contributed by atoms with E-state index in [4.69, 9.17) is 9.47 Å². The molecule has 5 heteroatoms. The third-order valence-corrected chi connectivity index (χ3v) is 2.49. The summed E-state index contributed by atoms with van der Waals surface area (Å²) in [4.78, 5) is 15.3. The van der Waals surface area contributed by atoms with E-state index < -0.39 is 0 Å². The summed E-state index contributed by atoms with van der Waals surface area (Å²) in [5, 5.41) is 0. The first-order chi connectivity index (χ1) is 8.30. The van der Waals surface area contributed by atoms with Gasteiger partial charge in [-0.2, -0.15) is 0 Å². The molecular formula is C12H14N2O3. The van der Waals surface area contributed by atoms with E-state index in [1.165, 1.54) is 0 Å². The van der Waals surface area contributed by atoms with E-state index in [-0.39, 0.29) is 0 Å². The summed E-state index contributed by atoms with van der Waals surface area (Å²) in [5.74, 6) is 0. The molecule has 17 heavy (non-hydrogen) atoms. The van der Waals surface area contributed by atoms with Gasteiger partial charge < -0.3 is 13.9 Å². The van der Waals surface area contributed by atoms with E-state index in [0.717, 1.165) is 17.7 Å². The second kappa shape index (κ2) is 5.07. The van der Waals surface area contributed by atoms with Gasteiger partial charge in [-0.05, 0) is 12.1 Å². The Balaban J connectivity index is 2.60. The molecule has 0 aliphatic rings. The highest BCUT2D eigenvalue weighted by molar-refractivity contribution is 5.84. The summed E-state index contributed by atoms with van der Waals surface area (Å²) in [6, 6.07) is 3.65. The first kappa shape index (κ1) is 11.8. The Morgan fingerprint density at radius 2 is 2.12 bits per heavy atom. The summed E-state index contributed by atoms with van der Waals surface area (Å²) in [5.41, 5.74) is 2.94. The second-order valence-corrected chi connectivity index (χ2v) is 3.69. The van der Waals surface area contributed by atoms with E-state index in [9.17, 15) is 4.79 Å². The van der Waals surface area contributed by atoms with E-state index in [1.54, 1.807) is 20.3 Å². The van der Waals surface area contributed by atoms with Crippen LogP contribution in [0.3, 0.4) is 0 Å². The van der Waals surface area contributed by atoms with E-state index >= 15 is 0 Å². The number of hydrogen-bond donors (Lipinski definition) is 0. The van der Waals surface area contributed by atoms with Crippen LogP contribution in [0.5, 0.6) is 0 Å². The maximum absolute atomic E-state index is 10.9. The fraction of sp³-hybridized carbons (Fsp3) is 0.333. The van der Waals surface area contributed by atoms with Crippen molar-refractivity contribution in [2.75, 3.05) is 14.2 Å². The number of nitrogens with zero attached hydrogens (tertiary/aromatic N) is 2. The first-order valence-electron chi connectivity index (χ1n) is 5.23. The maximum Gasteiger partial charge on any atom is 0.153 e. The van der Waals surface area contributed by atoms with E-state index in [2.05, 4.69) is 4.98 Å². The van der Waals surface area contributed by atoms with Crippen LogP contribution in [0.1, 0.15) is 21.7 Å². The SMILES string of the molecule is COCc1cc(COC)n2ccc(C=O)c2n1. The minimum atomic E-state index is 0.413. The number of carbonyl (C=O) groups excluding carboxylic acids is 1. The zero-order valence-electron chi connectivity index (χ0n) is 9.84. The predicted octanol–water partition coefficient (Wildman–Crippen LogP) is 1.44. The van der Waals surface area contributed by atoms with Crippen LogP contribution in [0.4, 0.5) is 0 Å². The van der Waals surface area contributed by atoms with Gasteiger partial charge in [0.05, 0.1) is 30.2 Å². The van der Waals surface area contributed by atoms with Crippen molar-refractivity contribution in [3.63, 3.8) is 0 Å². The highest BCUT2D eigenvalue weighted by atomic mass is 16.5. The normalized spacial score (nSPS) is 10.9. The zero-order chi connectivity index (χ0) is 12.3. The lowest BCUT2D eigenvalue weighted by molar-refractivity contribution is 0.112. The molecule has 2 heterocycles. The molecule has 0 aromatic carbocycles. The van der Waals surface area contributed by atoms with Gasteiger partial charge in [0.15, 0.2) is 6.29 Å². The molecule has 0 spiro atoms. The van der Waals surface area contributed by atoms with Gasteiger partial charge in [-0.15, -0.1) is 0 Å². The van der Waals surface area contributed by atoms with Crippen molar-refractivity contribution in [1.29, 1.82) is 0 Å². The number of hydrogen-bond acceptors (Lipinski definition) is 4. The maximum atomic E-state index is 10.9. The molecule has 0 amide bonds. The summed E-state index contributed by atoms with van der Waals surface area (Å²) in [6.45, 7) is 0.874. The Labute approximate surface area is 99.0 Å². The molecule has 5 nitrogen and oxygen atoms in total. The lowest BCUT2D eigenvalue weighted by Gasteiger charge is -2.08. The van der Waals surface area contributed by atoms with Crippen molar-refractivity contribution < 1.29 is 14.3 Å². The Bertz CT molecular complexity index is 534. The quantitative estimate of drug-likeness (QED) is 0.734. The van der Waals surface area contributed by atoms with Crippen molar-refractivity contribution in [3.8, 4) is 0 Å². The number of aldehydes is 1. The molecule has 0 radical (unpaired) electrons. The number of carbonyl (C=O) groups is 1. The second-order valence-electron chi connectivity index (χ2n) is 3.69. The molecule has 0 saturated heterocycles. The number of ether oxygens (including phenoxy) is 2. The molecule has 0 atom stereocenters. The van der Waals surface area contributed by atoms with Gasteiger partial charge in [-0.1, -0.05) is 0 Å². The Hall–Kier alpha value is -1.72. The van der Waals surface area contributed by atoms with Crippen molar-refractivity contribution in [3.05, 3.63) is 35.3 Å². The molecule has 0 aliphatic heterocycles. The van der Waals surface area contributed by atoms with Gasteiger partial charge in [0.1, 0.15) is 5.65 Å². The molecular weight excluding hydrogens is 220 g/mol. The molecule has 0 aliphatic carbocycles. The summed E-state index contributed by atoms with van der Waals surface area (Å²) in [7, 11) is 3.24. The van der Waals surface area contributed by atoms with Crippen LogP contribution < -0.4 is 0 Å². The smallest absolute Gasteiger partial charge is 0.153 e. The van der Waals surface area contributed by atoms with Crippen LogP contribution in [0, 0.1) is 0 Å². The molecule has 0 saturated carbocycles. The molecule has 2 rings (SSSR count). The van der Waals surface area contributed by atoms with Gasteiger partial charge >= 0.3 is 0 Å². The van der Waals surface area contributed by atoms with Crippen molar-refractivity contribution >= 4 is 11.9 Å². The van der Waals surface area contributed by atoms with Crippen LogP contribution in [0.15, 0.2) is 18.3 Å². The molecule has 2 aromatic heterocycles. The van der Waals surface area contributed by atoms with Gasteiger partial charge in [0.2, 0.25) is 0 Å². The lowest BCUT2D eigenvalue weighted by Crippen LogP contribution is -2.04. The topological polar surface area (TPSA) is 52.8 Å². The fourth-order valence-corrected chi connectivity index (χ4v) is 1.79. The minimum absolute atomic E-state index is 0.413. The van der Waals surface area contributed by atoms with Crippen LogP contribution in [-0.4, -0.2) is 29.9 Å². The van der Waals surface area contributed by atoms with E-state index in [0.29, 0.717) is 24.4 Å². The third-order valence-electron chi connectivity index (χ3n) is 2.49. The van der Waals surface area contributed by atoms with Crippen molar-refractivity contribution in [2.45, 2.75) is 13.2 Å². The van der Waals surface area contributed by atoms with E-state index in [1.807, 2.05) is 16.7 Å². The van der Waals surface area contributed by atoms with Gasteiger partial charge in [-0.3, -0.25) is 4.79 Å². The highest BCUT2D eigenvalue weighted by Crippen LogP contribution is 2.14. The fourth-order valence-electron chi connectivity index (χ4n) is 1.79. The minimum Gasteiger partial charge on any atom is -0.378 e. The van der Waals surface area contributed by atoms with Gasteiger partial charge in [-0.25, -0.2) is 4.98 Å². The predicted molar refractivity (Wildman–Crippen MR) is 62.0 cm³/mol. The molecule has 2 aromatic rings. The van der Waals surface area contributed by atoms with Gasteiger partial charge in [0.25, 0.3) is 0 Å². The summed E-state index contributed by atoms with van der Waals surface area (Å²) in [6.07, 6.45) is 2.62. The average Bonchev–Trinajstić information content (AvgIpc) is 2.73. The average molecular weight is 234 g/mol. The molecule has 90 valence electrons. The summed E-state index contributed by atoms with van der Waals surface area (Å²) >= 11 is 0. The molecule has 0 fully saturated rings. The van der Waals surface area contributed by atoms with Crippen LogP contribution >= 0.6 is 0 Å². The summed E-state index contributed by atoms with van der Waals surface area (Å²) < 4.78 is 12.0. The molecule has 0 bridgehead atoms. The van der Waals surface area contributed by atoms with Crippen LogP contribution in [0.25, 0.3) is 5.65 Å². The third kappa shape index (κ3) is 2.20. The number of fused-ring (bicyclic) bond motifs is 1. The zero-order valence-corrected chi connectivity index (χ0v) is 9.84. The Morgan fingerprint density at radius 3 is 2.76 bits per heavy atom.